The number of rotatable bonds is 3. The van der Waals surface area contributed by atoms with E-state index < -0.39 is 0 Å². The summed E-state index contributed by atoms with van der Waals surface area (Å²) in [6.07, 6.45) is 6.49. The number of benzene rings is 1. The fraction of sp³-hybridized carbons (Fsp3) is 0.286. The van der Waals surface area contributed by atoms with E-state index in [4.69, 9.17) is 4.74 Å². The molecule has 28 heavy (non-hydrogen) atoms. The maximum Gasteiger partial charge on any atom is 0.276 e. The zero-order valence-electron chi connectivity index (χ0n) is 15.2. The van der Waals surface area contributed by atoms with Crippen LogP contribution in [0.3, 0.4) is 0 Å². The van der Waals surface area contributed by atoms with E-state index in [0.29, 0.717) is 41.4 Å². The van der Waals surface area contributed by atoms with Crippen molar-refractivity contribution in [3.05, 3.63) is 59.3 Å². The van der Waals surface area contributed by atoms with Gasteiger partial charge in [0.25, 0.3) is 5.91 Å². The van der Waals surface area contributed by atoms with E-state index >= 15 is 0 Å². The predicted octanol–water partition coefficient (Wildman–Crippen LogP) is 3.61. The Balaban J connectivity index is 1.56. The van der Waals surface area contributed by atoms with Crippen LogP contribution in [-0.4, -0.2) is 27.3 Å². The Morgan fingerprint density at radius 1 is 1.14 bits per heavy atom. The maximum absolute atomic E-state index is 14.7. The number of aromatic nitrogens is 3. The number of nitrogens with zero attached hydrogens (tertiary/aromatic N) is 3. The topological polar surface area (TPSA) is 69.0 Å². The highest BCUT2D eigenvalue weighted by atomic mass is 19.1. The van der Waals surface area contributed by atoms with Crippen LogP contribution >= 0.6 is 0 Å². The number of amides is 1. The molecule has 0 bridgehead atoms. The molecular formula is C21H19FN4O2. The van der Waals surface area contributed by atoms with Crippen molar-refractivity contribution in [2.75, 3.05) is 11.9 Å². The number of anilines is 1. The molecule has 1 N–H and O–H groups in total. The molecule has 1 amide bonds. The van der Waals surface area contributed by atoms with Crippen LogP contribution in [0.2, 0.25) is 0 Å². The summed E-state index contributed by atoms with van der Waals surface area (Å²) in [6.45, 7) is 1.36. The smallest absolute Gasteiger partial charge is 0.276 e. The molecule has 3 heterocycles. The van der Waals surface area contributed by atoms with Crippen molar-refractivity contribution in [2.45, 2.75) is 32.2 Å². The van der Waals surface area contributed by atoms with Crippen molar-refractivity contribution in [3.63, 3.8) is 0 Å². The largest absolute Gasteiger partial charge is 0.478 e. The Morgan fingerprint density at radius 2 is 1.96 bits per heavy atom. The molecule has 1 aliphatic heterocycles. The van der Waals surface area contributed by atoms with Crippen LogP contribution in [0.25, 0.3) is 11.1 Å². The monoisotopic (exact) mass is 378 g/mol. The zero-order valence-corrected chi connectivity index (χ0v) is 15.2. The first kappa shape index (κ1) is 16.9. The summed E-state index contributed by atoms with van der Waals surface area (Å²) < 4.78 is 21.9. The lowest BCUT2D eigenvalue weighted by Gasteiger charge is -2.16. The van der Waals surface area contributed by atoms with Gasteiger partial charge in [-0.3, -0.25) is 9.78 Å². The van der Waals surface area contributed by atoms with Crippen molar-refractivity contribution in [1.82, 2.24) is 14.8 Å². The fourth-order valence-corrected chi connectivity index (χ4v) is 3.99. The normalized spacial score (nSPS) is 14.9. The summed E-state index contributed by atoms with van der Waals surface area (Å²) in [5.41, 5.74) is 4.01. The number of carbonyl (C=O) groups excluding carboxylic acids is 1. The SMILES string of the molecule is O=C(Nc1c(-c2ccncc2)cc(F)c2c1CCC2)c1cc2n(n1)CCCO2. The fourth-order valence-electron chi connectivity index (χ4n) is 3.99. The van der Waals surface area contributed by atoms with Crippen LogP contribution in [0.4, 0.5) is 10.1 Å². The molecule has 1 aromatic carbocycles. The summed E-state index contributed by atoms with van der Waals surface area (Å²) >= 11 is 0. The van der Waals surface area contributed by atoms with E-state index in [1.807, 2.05) is 12.1 Å². The van der Waals surface area contributed by atoms with Gasteiger partial charge in [0, 0.05) is 37.0 Å². The van der Waals surface area contributed by atoms with Crippen LogP contribution in [0.15, 0.2) is 36.7 Å². The second-order valence-electron chi connectivity index (χ2n) is 7.07. The van der Waals surface area contributed by atoms with Gasteiger partial charge in [-0.25, -0.2) is 9.07 Å². The van der Waals surface area contributed by atoms with E-state index in [9.17, 15) is 9.18 Å². The summed E-state index contributed by atoms with van der Waals surface area (Å²) in [5.74, 6) is 0.0692. The minimum atomic E-state index is -0.318. The molecule has 1 aliphatic carbocycles. The summed E-state index contributed by atoms with van der Waals surface area (Å²) in [4.78, 5) is 17.0. The molecule has 0 saturated carbocycles. The molecule has 0 atom stereocenters. The molecule has 2 aromatic heterocycles. The van der Waals surface area contributed by atoms with Gasteiger partial charge in [-0.2, -0.15) is 5.10 Å². The van der Waals surface area contributed by atoms with Crippen molar-refractivity contribution in [3.8, 4) is 17.0 Å². The van der Waals surface area contributed by atoms with Crippen LogP contribution in [0, 0.1) is 5.82 Å². The number of carbonyl (C=O) groups is 1. The first-order valence-electron chi connectivity index (χ1n) is 9.47. The first-order valence-corrected chi connectivity index (χ1v) is 9.47. The van der Waals surface area contributed by atoms with Gasteiger partial charge >= 0.3 is 0 Å². The van der Waals surface area contributed by atoms with E-state index in [1.54, 1.807) is 23.1 Å². The standard InChI is InChI=1S/C21H19FN4O2/c22-17-11-16(13-5-7-23-8-6-13)20(15-4-1-3-14(15)17)24-21(27)18-12-19-26(25-18)9-2-10-28-19/h5-8,11-12H,1-4,9-10H2,(H,24,27). The second kappa shape index (κ2) is 6.74. The third kappa shape index (κ3) is 2.83. The highest BCUT2D eigenvalue weighted by Crippen LogP contribution is 2.39. The van der Waals surface area contributed by atoms with Crippen LogP contribution < -0.4 is 10.1 Å². The second-order valence-corrected chi connectivity index (χ2v) is 7.07. The Hall–Kier alpha value is -3.22. The highest BCUT2D eigenvalue weighted by Gasteiger charge is 2.25. The van der Waals surface area contributed by atoms with Crippen molar-refractivity contribution >= 4 is 11.6 Å². The van der Waals surface area contributed by atoms with Gasteiger partial charge in [-0.15, -0.1) is 0 Å². The number of halogens is 1. The van der Waals surface area contributed by atoms with Crippen LogP contribution in [0.5, 0.6) is 5.88 Å². The molecule has 0 fully saturated rings. The zero-order chi connectivity index (χ0) is 19.1. The molecule has 3 aromatic rings. The molecule has 142 valence electrons. The number of fused-ring (bicyclic) bond motifs is 2. The van der Waals surface area contributed by atoms with Crippen molar-refractivity contribution < 1.29 is 13.9 Å². The van der Waals surface area contributed by atoms with Crippen LogP contribution in [0.1, 0.15) is 34.5 Å². The van der Waals surface area contributed by atoms with E-state index in [-0.39, 0.29) is 11.7 Å². The Labute approximate surface area is 161 Å². The average Bonchev–Trinajstić information content (AvgIpc) is 3.38. The molecule has 2 aliphatic rings. The third-order valence-electron chi connectivity index (χ3n) is 5.32. The molecule has 0 spiro atoms. The number of ether oxygens (including phenoxy) is 1. The minimum Gasteiger partial charge on any atom is -0.478 e. The summed E-state index contributed by atoms with van der Waals surface area (Å²) in [5, 5.41) is 7.36. The minimum absolute atomic E-state index is 0.219. The van der Waals surface area contributed by atoms with Crippen molar-refractivity contribution in [1.29, 1.82) is 0 Å². The Kier molecular flexibility index (Phi) is 4.07. The van der Waals surface area contributed by atoms with Gasteiger partial charge < -0.3 is 10.1 Å². The van der Waals surface area contributed by atoms with E-state index in [0.717, 1.165) is 36.9 Å². The first-order chi connectivity index (χ1) is 13.7. The summed E-state index contributed by atoms with van der Waals surface area (Å²) in [6, 6.07) is 6.80. The molecule has 0 radical (unpaired) electrons. The van der Waals surface area contributed by atoms with Gasteiger partial charge in [0.1, 0.15) is 5.82 Å². The molecule has 0 saturated heterocycles. The molecule has 6 nitrogen and oxygen atoms in total. The number of aryl methyl sites for hydroxylation is 1. The van der Waals surface area contributed by atoms with Gasteiger partial charge in [0.15, 0.2) is 5.69 Å². The third-order valence-corrected chi connectivity index (χ3v) is 5.32. The number of hydrogen-bond donors (Lipinski definition) is 1. The predicted molar refractivity (Wildman–Crippen MR) is 102 cm³/mol. The lowest BCUT2D eigenvalue weighted by Crippen LogP contribution is -2.17. The number of pyridine rings is 1. The molecule has 0 unspecified atom stereocenters. The van der Waals surface area contributed by atoms with Gasteiger partial charge in [-0.1, -0.05) is 0 Å². The highest BCUT2D eigenvalue weighted by molar-refractivity contribution is 6.06. The molecule has 5 rings (SSSR count). The lowest BCUT2D eigenvalue weighted by atomic mass is 9.97. The molecular weight excluding hydrogens is 359 g/mol. The maximum atomic E-state index is 14.7. The number of nitrogens with one attached hydrogen (secondary N) is 1. The van der Waals surface area contributed by atoms with E-state index in [2.05, 4.69) is 15.4 Å². The Morgan fingerprint density at radius 3 is 2.79 bits per heavy atom. The van der Waals surface area contributed by atoms with E-state index in [1.165, 1.54) is 6.07 Å². The van der Waals surface area contributed by atoms with Gasteiger partial charge in [0.05, 0.1) is 12.3 Å². The lowest BCUT2D eigenvalue weighted by molar-refractivity contribution is 0.102. The molecule has 7 heteroatoms. The average molecular weight is 378 g/mol. The number of hydrogen-bond acceptors (Lipinski definition) is 4. The van der Waals surface area contributed by atoms with Gasteiger partial charge in [-0.05, 0) is 54.2 Å². The van der Waals surface area contributed by atoms with Crippen molar-refractivity contribution in [2.24, 2.45) is 0 Å². The Bertz CT molecular complexity index is 1040. The van der Waals surface area contributed by atoms with Gasteiger partial charge in [0.2, 0.25) is 5.88 Å². The summed E-state index contributed by atoms with van der Waals surface area (Å²) in [7, 11) is 0. The van der Waals surface area contributed by atoms with Crippen LogP contribution in [-0.2, 0) is 19.4 Å². The quantitative estimate of drug-likeness (QED) is 0.756.